The van der Waals surface area contributed by atoms with E-state index < -0.39 is 12.0 Å². The molecule has 0 radical (unpaired) electrons. The zero-order chi connectivity index (χ0) is 16.0. The highest BCUT2D eigenvalue weighted by molar-refractivity contribution is 5.96. The van der Waals surface area contributed by atoms with E-state index in [1.54, 1.807) is 12.1 Å². The van der Waals surface area contributed by atoms with Crippen molar-refractivity contribution in [2.75, 3.05) is 7.11 Å². The zero-order valence-electron chi connectivity index (χ0n) is 12.8. The monoisotopic (exact) mass is 294 g/mol. The van der Waals surface area contributed by atoms with Crippen LogP contribution in [0.3, 0.4) is 0 Å². The summed E-state index contributed by atoms with van der Waals surface area (Å²) in [6.07, 6.45) is 1.97. The number of carboxylic acid groups (broad SMARTS) is 1. The van der Waals surface area contributed by atoms with Crippen LogP contribution in [0.2, 0.25) is 0 Å². The van der Waals surface area contributed by atoms with Crippen LogP contribution >= 0.6 is 0 Å². The SMILES string of the molecule is COc1ncccc1C(=O)NC(CC(=O)O)CC(C)(C)C. The fraction of sp³-hybridized carbons (Fsp3) is 0.533. The van der Waals surface area contributed by atoms with Gasteiger partial charge in [0.15, 0.2) is 0 Å². The average Bonchev–Trinajstić information content (AvgIpc) is 2.35. The van der Waals surface area contributed by atoms with E-state index >= 15 is 0 Å². The Labute approximate surface area is 124 Å². The molecule has 1 rings (SSSR count). The molecular formula is C15H22N2O4. The molecule has 0 saturated heterocycles. The van der Waals surface area contributed by atoms with E-state index in [1.165, 1.54) is 13.3 Å². The van der Waals surface area contributed by atoms with Gasteiger partial charge in [-0.2, -0.15) is 0 Å². The first-order valence-electron chi connectivity index (χ1n) is 6.74. The summed E-state index contributed by atoms with van der Waals surface area (Å²) in [7, 11) is 1.43. The van der Waals surface area contributed by atoms with Gasteiger partial charge < -0.3 is 15.2 Å². The number of rotatable bonds is 6. The summed E-state index contributed by atoms with van der Waals surface area (Å²) in [6.45, 7) is 6.00. The largest absolute Gasteiger partial charge is 0.481 e. The lowest BCUT2D eigenvalue weighted by Crippen LogP contribution is -2.39. The summed E-state index contributed by atoms with van der Waals surface area (Å²) in [5, 5.41) is 11.7. The number of amides is 1. The number of aromatic nitrogens is 1. The lowest BCUT2D eigenvalue weighted by atomic mass is 9.87. The molecule has 0 aliphatic rings. The number of aliphatic carboxylic acids is 1. The fourth-order valence-electron chi connectivity index (χ4n) is 2.11. The third-order valence-corrected chi connectivity index (χ3v) is 2.82. The number of hydrogen-bond acceptors (Lipinski definition) is 4. The zero-order valence-corrected chi connectivity index (χ0v) is 12.8. The second-order valence-corrected chi connectivity index (χ2v) is 6.09. The molecule has 0 fully saturated rings. The Morgan fingerprint density at radius 2 is 2.10 bits per heavy atom. The van der Waals surface area contributed by atoms with Crippen molar-refractivity contribution in [2.24, 2.45) is 5.41 Å². The minimum atomic E-state index is -0.942. The Kier molecular flexibility index (Phi) is 5.69. The quantitative estimate of drug-likeness (QED) is 0.838. The first kappa shape index (κ1) is 16.9. The minimum Gasteiger partial charge on any atom is -0.481 e. The second-order valence-electron chi connectivity index (χ2n) is 6.09. The van der Waals surface area contributed by atoms with E-state index in [9.17, 15) is 9.59 Å². The van der Waals surface area contributed by atoms with Crippen molar-refractivity contribution in [3.8, 4) is 5.88 Å². The van der Waals surface area contributed by atoms with Gasteiger partial charge in [-0.15, -0.1) is 0 Å². The fourth-order valence-corrected chi connectivity index (χ4v) is 2.11. The van der Waals surface area contributed by atoms with Crippen LogP contribution in [0.4, 0.5) is 0 Å². The van der Waals surface area contributed by atoms with E-state index in [2.05, 4.69) is 10.3 Å². The van der Waals surface area contributed by atoms with Crippen LogP contribution in [0.25, 0.3) is 0 Å². The molecule has 0 spiro atoms. The number of carbonyl (C=O) groups is 2. The van der Waals surface area contributed by atoms with E-state index in [0.717, 1.165) is 0 Å². The molecule has 0 bridgehead atoms. The molecule has 1 amide bonds. The highest BCUT2D eigenvalue weighted by Gasteiger charge is 2.24. The smallest absolute Gasteiger partial charge is 0.305 e. The van der Waals surface area contributed by atoms with Crippen molar-refractivity contribution in [1.29, 1.82) is 0 Å². The third kappa shape index (κ3) is 5.81. The summed E-state index contributed by atoms with van der Waals surface area (Å²) in [4.78, 5) is 27.2. The Balaban J connectivity index is 2.86. The number of nitrogens with one attached hydrogen (secondary N) is 1. The molecule has 6 heteroatoms. The van der Waals surface area contributed by atoms with Gasteiger partial charge in [0, 0.05) is 12.2 Å². The molecular weight excluding hydrogens is 272 g/mol. The van der Waals surface area contributed by atoms with E-state index in [4.69, 9.17) is 9.84 Å². The average molecular weight is 294 g/mol. The van der Waals surface area contributed by atoms with Crippen LogP contribution < -0.4 is 10.1 Å². The first-order chi connectivity index (χ1) is 9.73. The Hall–Kier alpha value is -2.11. The van der Waals surface area contributed by atoms with Gasteiger partial charge in [0.1, 0.15) is 5.56 Å². The van der Waals surface area contributed by atoms with Gasteiger partial charge in [0.2, 0.25) is 5.88 Å². The predicted octanol–water partition coefficient (Wildman–Crippen LogP) is 2.10. The van der Waals surface area contributed by atoms with E-state index in [-0.39, 0.29) is 23.6 Å². The molecule has 0 aromatic carbocycles. The van der Waals surface area contributed by atoms with Gasteiger partial charge in [-0.3, -0.25) is 9.59 Å². The molecule has 1 aromatic rings. The minimum absolute atomic E-state index is 0.0909. The van der Waals surface area contributed by atoms with Crippen molar-refractivity contribution in [2.45, 2.75) is 39.7 Å². The topological polar surface area (TPSA) is 88.5 Å². The Bertz CT molecular complexity index is 509. The van der Waals surface area contributed by atoms with Crippen molar-refractivity contribution >= 4 is 11.9 Å². The van der Waals surface area contributed by atoms with Gasteiger partial charge in [0.25, 0.3) is 5.91 Å². The van der Waals surface area contributed by atoms with Gasteiger partial charge >= 0.3 is 5.97 Å². The molecule has 0 saturated carbocycles. The highest BCUT2D eigenvalue weighted by Crippen LogP contribution is 2.23. The maximum Gasteiger partial charge on any atom is 0.305 e. The van der Waals surface area contributed by atoms with Crippen molar-refractivity contribution in [3.63, 3.8) is 0 Å². The molecule has 1 atom stereocenters. The Morgan fingerprint density at radius 3 is 2.62 bits per heavy atom. The molecule has 2 N–H and O–H groups in total. The van der Waals surface area contributed by atoms with Crippen molar-refractivity contribution in [1.82, 2.24) is 10.3 Å². The van der Waals surface area contributed by atoms with E-state index in [0.29, 0.717) is 12.0 Å². The number of ether oxygens (including phenoxy) is 1. The molecule has 21 heavy (non-hydrogen) atoms. The molecule has 116 valence electrons. The lowest BCUT2D eigenvalue weighted by molar-refractivity contribution is -0.137. The van der Waals surface area contributed by atoms with Crippen molar-refractivity contribution < 1.29 is 19.4 Å². The highest BCUT2D eigenvalue weighted by atomic mass is 16.5. The van der Waals surface area contributed by atoms with Crippen LogP contribution in [0.5, 0.6) is 5.88 Å². The number of hydrogen-bond donors (Lipinski definition) is 2. The summed E-state index contributed by atoms with van der Waals surface area (Å²) in [6, 6.07) is 2.78. The van der Waals surface area contributed by atoms with Gasteiger partial charge in [-0.05, 0) is 24.0 Å². The van der Waals surface area contributed by atoms with Crippen molar-refractivity contribution in [3.05, 3.63) is 23.9 Å². The van der Waals surface area contributed by atoms with Gasteiger partial charge in [-0.25, -0.2) is 4.98 Å². The molecule has 1 unspecified atom stereocenters. The number of methoxy groups -OCH3 is 1. The summed E-state index contributed by atoms with van der Waals surface area (Å²) in [5.74, 6) is -1.10. The van der Waals surface area contributed by atoms with Crippen LogP contribution in [0, 0.1) is 5.41 Å². The third-order valence-electron chi connectivity index (χ3n) is 2.82. The van der Waals surface area contributed by atoms with Gasteiger partial charge in [-0.1, -0.05) is 20.8 Å². The number of carbonyl (C=O) groups excluding carboxylic acids is 1. The van der Waals surface area contributed by atoms with Crippen LogP contribution in [-0.2, 0) is 4.79 Å². The molecule has 1 heterocycles. The van der Waals surface area contributed by atoms with Gasteiger partial charge in [0.05, 0.1) is 13.5 Å². The summed E-state index contributed by atoms with van der Waals surface area (Å²) >= 11 is 0. The number of nitrogens with zero attached hydrogens (tertiary/aromatic N) is 1. The molecule has 6 nitrogen and oxygen atoms in total. The maximum absolute atomic E-state index is 12.3. The first-order valence-corrected chi connectivity index (χ1v) is 6.74. The summed E-state index contributed by atoms with van der Waals surface area (Å²) in [5.41, 5.74) is 0.205. The summed E-state index contributed by atoms with van der Waals surface area (Å²) < 4.78 is 5.04. The number of pyridine rings is 1. The van der Waals surface area contributed by atoms with Crippen LogP contribution in [0.15, 0.2) is 18.3 Å². The Morgan fingerprint density at radius 1 is 1.43 bits per heavy atom. The molecule has 1 aromatic heterocycles. The van der Waals surface area contributed by atoms with E-state index in [1.807, 2.05) is 20.8 Å². The normalized spacial score (nSPS) is 12.6. The number of carboxylic acids is 1. The maximum atomic E-state index is 12.3. The lowest BCUT2D eigenvalue weighted by Gasteiger charge is -2.26. The van der Waals surface area contributed by atoms with Crippen LogP contribution in [-0.4, -0.2) is 35.1 Å². The van der Waals surface area contributed by atoms with Crippen LogP contribution in [0.1, 0.15) is 44.0 Å². The molecule has 0 aliphatic heterocycles. The standard InChI is InChI=1S/C15H22N2O4/c1-15(2,3)9-10(8-12(18)19)17-13(20)11-6-5-7-16-14(11)21-4/h5-7,10H,8-9H2,1-4H3,(H,17,20)(H,18,19). The molecule has 0 aliphatic carbocycles. The second kappa shape index (κ2) is 7.06. The predicted molar refractivity (Wildman–Crippen MR) is 78.4 cm³/mol.